The number of thiophene rings is 1. The number of thiazole rings is 1. The molecule has 0 atom stereocenters. The van der Waals surface area contributed by atoms with Crippen molar-refractivity contribution in [2.45, 2.75) is 13.5 Å². The predicted molar refractivity (Wildman–Crippen MR) is 90.4 cm³/mol. The van der Waals surface area contributed by atoms with Crippen molar-refractivity contribution in [2.75, 3.05) is 13.2 Å². The Labute approximate surface area is 144 Å². The molecule has 0 aliphatic rings. The molecule has 0 radical (unpaired) electrons. The van der Waals surface area contributed by atoms with Crippen molar-refractivity contribution in [2.24, 2.45) is 4.99 Å². The summed E-state index contributed by atoms with van der Waals surface area (Å²) in [5.74, 6) is -1.74. The van der Waals surface area contributed by atoms with E-state index in [4.69, 9.17) is 4.74 Å². The van der Waals surface area contributed by atoms with Gasteiger partial charge in [0.25, 0.3) is 5.91 Å². The highest BCUT2D eigenvalue weighted by Crippen LogP contribution is 2.22. The first-order valence-electron chi connectivity index (χ1n) is 7.29. The Morgan fingerprint density at radius 3 is 2.92 bits per heavy atom. The number of ether oxygens (including phenoxy) is 1. The van der Waals surface area contributed by atoms with Gasteiger partial charge in [0.05, 0.1) is 21.7 Å². The van der Waals surface area contributed by atoms with E-state index in [1.54, 1.807) is 22.1 Å². The number of benzene rings is 1. The van der Waals surface area contributed by atoms with Crippen molar-refractivity contribution < 1.29 is 18.3 Å². The van der Waals surface area contributed by atoms with Gasteiger partial charge in [-0.1, -0.05) is 17.4 Å². The maximum atomic E-state index is 14.2. The molecule has 24 heavy (non-hydrogen) atoms. The van der Waals surface area contributed by atoms with E-state index in [0.717, 1.165) is 17.4 Å². The largest absolute Gasteiger partial charge is 0.380 e. The minimum atomic E-state index is -0.678. The van der Waals surface area contributed by atoms with E-state index in [0.29, 0.717) is 34.1 Å². The Morgan fingerprint density at radius 1 is 1.38 bits per heavy atom. The lowest BCUT2D eigenvalue weighted by Crippen LogP contribution is -2.20. The van der Waals surface area contributed by atoms with Crippen LogP contribution >= 0.6 is 22.7 Å². The smallest absolute Gasteiger partial charge is 0.289 e. The highest BCUT2D eigenvalue weighted by molar-refractivity contribution is 7.16. The number of rotatable bonds is 5. The lowest BCUT2D eigenvalue weighted by Gasteiger charge is -2.06. The zero-order chi connectivity index (χ0) is 17.1. The molecular weight excluding hydrogens is 354 g/mol. The highest BCUT2D eigenvalue weighted by atomic mass is 32.1. The molecule has 0 N–H and O–H groups in total. The molecule has 3 rings (SSSR count). The van der Waals surface area contributed by atoms with Crippen LogP contribution in [0.2, 0.25) is 0 Å². The van der Waals surface area contributed by atoms with Gasteiger partial charge in [0.15, 0.2) is 10.6 Å². The van der Waals surface area contributed by atoms with Crippen LogP contribution in [-0.4, -0.2) is 23.7 Å². The third-order valence-electron chi connectivity index (χ3n) is 3.29. The van der Waals surface area contributed by atoms with E-state index in [-0.39, 0.29) is 5.52 Å². The van der Waals surface area contributed by atoms with Crippen LogP contribution in [0.1, 0.15) is 16.6 Å². The molecule has 1 aromatic carbocycles. The normalized spacial score (nSPS) is 12.2. The van der Waals surface area contributed by atoms with E-state index >= 15 is 0 Å². The molecule has 0 unspecified atom stereocenters. The Kier molecular flexibility index (Phi) is 5.17. The van der Waals surface area contributed by atoms with E-state index in [9.17, 15) is 13.6 Å². The van der Waals surface area contributed by atoms with Crippen LogP contribution in [-0.2, 0) is 11.3 Å². The van der Waals surface area contributed by atoms with Crippen molar-refractivity contribution in [1.82, 2.24) is 4.57 Å². The van der Waals surface area contributed by atoms with Crippen LogP contribution in [0.3, 0.4) is 0 Å². The van der Waals surface area contributed by atoms with Crippen LogP contribution in [0.4, 0.5) is 8.78 Å². The summed E-state index contributed by atoms with van der Waals surface area (Å²) in [6.07, 6.45) is 0. The van der Waals surface area contributed by atoms with Crippen molar-refractivity contribution in [1.29, 1.82) is 0 Å². The number of carbonyl (C=O) groups is 1. The molecule has 0 saturated heterocycles. The number of hydrogen-bond donors (Lipinski definition) is 0. The van der Waals surface area contributed by atoms with Crippen LogP contribution < -0.4 is 4.80 Å². The highest BCUT2D eigenvalue weighted by Gasteiger charge is 2.14. The van der Waals surface area contributed by atoms with Crippen LogP contribution in [0.15, 0.2) is 34.6 Å². The number of carbonyl (C=O) groups excluding carboxylic acids is 1. The first kappa shape index (κ1) is 16.9. The summed E-state index contributed by atoms with van der Waals surface area (Å²) in [5.41, 5.74) is 0.235. The SMILES string of the molecule is CCOCCn1c(=NC(=O)c2cccs2)sc2cc(F)cc(F)c21. The maximum Gasteiger partial charge on any atom is 0.289 e. The average Bonchev–Trinajstić information content (AvgIpc) is 3.16. The van der Waals surface area contributed by atoms with E-state index in [1.165, 1.54) is 17.4 Å². The van der Waals surface area contributed by atoms with Crippen molar-refractivity contribution in [3.63, 3.8) is 0 Å². The van der Waals surface area contributed by atoms with Gasteiger partial charge < -0.3 is 9.30 Å². The fourth-order valence-corrected chi connectivity index (χ4v) is 3.97. The summed E-state index contributed by atoms with van der Waals surface area (Å²) in [5, 5.41) is 1.78. The molecule has 0 aliphatic carbocycles. The first-order chi connectivity index (χ1) is 11.6. The number of halogens is 2. The first-order valence-corrected chi connectivity index (χ1v) is 8.98. The third-order valence-corrected chi connectivity index (χ3v) is 5.17. The van der Waals surface area contributed by atoms with E-state index in [1.807, 2.05) is 6.92 Å². The van der Waals surface area contributed by atoms with Crippen LogP contribution in [0.5, 0.6) is 0 Å². The molecule has 0 aliphatic heterocycles. The van der Waals surface area contributed by atoms with Crippen molar-refractivity contribution >= 4 is 38.8 Å². The van der Waals surface area contributed by atoms with Gasteiger partial charge in [-0.05, 0) is 24.4 Å². The zero-order valence-electron chi connectivity index (χ0n) is 12.8. The number of aromatic nitrogens is 1. The fourth-order valence-electron chi connectivity index (χ4n) is 2.26. The number of hydrogen-bond acceptors (Lipinski definition) is 4. The topological polar surface area (TPSA) is 43.6 Å². The van der Waals surface area contributed by atoms with Crippen LogP contribution in [0, 0.1) is 11.6 Å². The molecule has 4 nitrogen and oxygen atoms in total. The van der Waals surface area contributed by atoms with Gasteiger partial charge in [-0.2, -0.15) is 4.99 Å². The standard InChI is InChI=1S/C16H14F2N2O2S2/c1-2-22-6-5-20-14-11(18)8-10(17)9-13(14)24-16(20)19-15(21)12-4-3-7-23-12/h3-4,7-9H,2,5-6H2,1H3. The van der Waals surface area contributed by atoms with Gasteiger partial charge in [0, 0.05) is 19.2 Å². The van der Waals surface area contributed by atoms with Gasteiger partial charge in [0.1, 0.15) is 5.82 Å². The summed E-state index contributed by atoms with van der Waals surface area (Å²) < 4.78 is 35.0. The molecule has 126 valence electrons. The monoisotopic (exact) mass is 368 g/mol. The molecule has 0 saturated carbocycles. The molecule has 3 aromatic rings. The minimum absolute atomic E-state index is 0.235. The number of fused-ring (bicyclic) bond motifs is 1. The van der Waals surface area contributed by atoms with Gasteiger partial charge >= 0.3 is 0 Å². The summed E-state index contributed by atoms with van der Waals surface area (Å²) in [7, 11) is 0. The summed E-state index contributed by atoms with van der Waals surface area (Å²) in [6.45, 7) is 3.06. The molecule has 0 spiro atoms. The Bertz CT molecular complexity index is 930. The second kappa shape index (κ2) is 7.33. The average molecular weight is 368 g/mol. The van der Waals surface area contributed by atoms with Crippen LogP contribution in [0.25, 0.3) is 10.2 Å². The number of nitrogens with zero attached hydrogens (tertiary/aromatic N) is 2. The van der Waals surface area contributed by atoms with E-state index < -0.39 is 17.5 Å². The second-order valence-corrected chi connectivity index (χ2v) is 6.82. The summed E-state index contributed by atoms with van der Waals surface area (Å²) in [6, 6.07) is 5.51. The third kappa shape index (κ3) is 3.45. The molecule has 2 aromatic heterocycles. The fraction of sp³-hybridized carbons (Fsp3) is 0.250. The maximum absolute atomic E-state index is 14.2. The van der Waals surface area contributed by atoms with Gasteiger partial charge in [-0.25, -0.2) is 8.78 Å². The van der Waals surface area contributed by atoms with Gasteiger partial charge in [-0.15, -0.1) is 11.3 Å². The Hall–Kier alpha value is -1.90. The molecule has 1 amide bonds. The summed E-state index contributed by atoms with van der Waals surface area (Å²) in [4.78, 5) is 17.1. The summed E-state index contributed by atoms with van der Waals surface area (Å²) >= 11 is 2.36. The van der Waals surface area contributed by atoms with E-state index in [2.05, 4.69) is 4.99 Å². The second-order valence-electron chi connectivity index (χ2n) is 4.86. The minimum Gasteiger partial charge on any atom is -0.380 e. The molecular formula is C16H14F2N2O2S2. The quantitative estimate of drug-likeness (QED) is 0.643. The Morgan fingerprint density at radius 2 is 2.21 bits per heavy atom. The van der Waals surface area contributed by atoms with Crippen molar-refractivity contribution in [3.05, 3.63) is 51.0 Å². The molecule has 8 heteroatoms. The Balaban J connectivity index is 2.13. The lowest BCUT2D eigenvalue weighted by molar-refractivity contribution is 0.100. The van der Waals surface area contributed by atoms with Gasteiger partial charge in [0.2, 0.25) is 0 Å². The number of amides is 1. The predicted octanol–water partition coefficient (Wildman–Crippen LogP) is 3.82. The van der Waals surface area contributed by atoms with Gasteiger partial charge in [-0.3, -0.25) is 4.79 Å². The van der Waals surface area contributed by atoms with Crippen molar-refractivity contribution in [3.8, 4) is 0 Å². The zero-order valence-corrected chi connectivity index (χ0v) is 14.4. The lowest BCUT2D eigenvalue weighted by atomic mass is 10.3. The molecule has 0 bridgehead atoms. The molecule has 0 fully saturated rings. The molecule has 2 heterocycles.